The van der Waals surface area contributed by atoms with Gasteiger partial charge in [-0.05, 0) is 112 Å². The molecule has 0 aliphatic carbocycles. The zero-order valence-corrected chi connectivity index (χ0v) is 33.8. The predicted molar refractivity (Wildman–Crippen MR) is 233 cm³/mol. The molecule has 9 nitrogen and oxygen atoms in total. The first-order chi connectivity index (χ1) is 28.3. The van der Waals surface area contributed by atoms with E-state index >= 15 is 0 Å². The summed E-state index contributed by atoms with van der Waals surface area (Å²) in [5.41, 5.74) is 6.67. The van der Waals surface area contributed by atoms with Crippen LogP contribution in [0.3, 0.4) is 0 Å². The second-order valence-electron chi connectivity index (χ2n) is 15.5. The fraction of sp³-hybridized carbons (Fsp3) is 0.286. The molecule has 4 heterocycles. The zero-order valence-electron chi connectivity index (χ0n) is 33.8. The number of hydrogen-bond acceptors (Lipinski definition) is 8. The zero-order chi connectivity index (χ0) is 40.3. The van der Waals surface area contributed by atoms with Crippen LogP contribution in [-0.2, 0) is 37.4 Å². The lowest BCUT2D eigenvalue weighted by molar-refractivity contribution is -0.116. The molecule has 0 saturated heterocycles. The van der Waals surface area contributed by atoms with Crippen molar-refractivity contribution in [1.82, 2.24) is 29.7 Å². The molecule has 296 valence electrons. The number of nitrogens with one attached hydrogen (secondary N) is 1. The van der Waals surface area contributed by atoms with Crippen molar-refractivity contribution >= 4 is 39.2 Å². The van der Waals surface area contributed by atoms with E-state index in [0.717, 1.165) is 35.6 Å². The monoisotopic (exact) mass is 771 g/mol. The van der Waals surface area contributed by atoms with Gasteiger partial charge >= 0.3 is 0 Å². The lowest BCUT2D eigenvalue weighted by atomic mass is 9.91. The molecule has 2 N–H and O–H groups in total. The highest BCUT2D eigenvalue weighted by molar-refractivity contribution is 6.12. The molecular formula is C49H53N7O2. The first kappa shape index (κ1) is 40.3. The first-order valence-electron chi connectivity index (χ1n) is 20.3. The summed E-state index contributed by atoms with van der Waals surface area (Å²) in [6.07, 6.45) is 10.6. The van der Waals surface area contributed by atoms with E-state index in [4.69, 9.17) is 4.98 Å². The van der Waals surface area contributed by atoms with Gasteiger partial charge < -0.3 is 10.4 Å². The van der Waals surface area contributed by atoms with Gasteiger partial charge in [0.05, 0.1) is 34.6 Å². The van der Waals surface area contributed by atoms with E-state index in [-0.39, 0.29) is 5.91 Å². The number of aryl methyl sites for hydroxylation is 2. The molecule has 1 amide bonds. The molecule has 7 aromatic rings. The number of anilines is 1. The van der Waals surface area contributed by atoms with E-state index in [9.17, 15) is 9.90 Å². The SMILES string of the molecule is Cc1ccc2ccc(CCCC(=O)Nc3cccnc3CN(Cc3ccccn3)CC(O)CN(Cc3ccccn3)Cc3ccccn3)c3cc/c(=C/C(C)C)c1c23. The number of hydrogen-bond donors (Lipinski definition) is 2. The topological polar surface area (TPSA) is 107 Å². The molecule has 1 atom stereocenters. The van der Waals surface area contributed by atoms with Gasteiger partial charge in [-0.3, -0.25) is 34.5 Å². The van der Waals surface area contributed by atoms with Crippen molar-refractivity contribution in [3.05, 3.63) is 167 Å². The summed E-state index contributed by atoms with van der Waals surface area (Å²) in [7, 11) is 0. The number of benzene rings is 3. The molecule has 0 bridgehead atoms. The van der Waals surface area contributed by atoms with Crippen molar-refractivity contribution in [3.63, 3.8) is 0 Å². The highest BCUT2D eigenvalue weighted by Crippen LogP contribution is 2.30. The van der Waals surface area contributed by atoms with Crippen LogP contribution < -0.4 is 10.5 Å². The smallest absolute Gasteiger partial charge is 0.224 e. The van der Waals surface area contributed by atoms with Gasteiger partial charge in [-0.2, -0.15) is 0 Å². The lowest BCUT2D eigenvalue weighted by Crippen LogP contribution is -2.40. The fourth-order valence-electron chi connectivity index (χ4n) is 7.86. The van der Waals surface area contributed by atoms with Gasteiger partial charge in [-0.15, -0.1) is 0 Å². The average Bonchev–Trinajstić information content (AvgIpc) is 3.21. The second kappa shape index (κ2) is 19.5. The highest BCUT2D eigenvalue weighted by atomic mass is 16.3. The van der Waals surface area contributed by atoms with E-state index in [2.05, 4.69) is 93.3 Å². The van der Waals surface area contributed by atoms with Crippen molar-refractivity contribution in [3.8, 4) is 0 Å². The Morgan fingerprint density at radius 2 is 1.29 bits per heavy atom. The quantitative estimate of drug-likeness (QED) is 0.0903. The molecule has 0 aliphatic heterocycles. The summed E-state index contributed by atoms with van der Waals surface area (Å²) in [6, 6.07) is 34.7. The van der Waals surface area contributed by atoms with E-state index in [0.29, 0.717) is 57.3 Å². The second-order valence-corrected chi connectivity index (χ2v) is 15.5. The molecule has 0 radical (unpaired) electrons. The van der Waals surface area contributed by atoms with Gasteiger partial charge in [0.25, 0.3) is 0 Å². The molecule has 4 aromatic heterocycles. The normalized spacial score (nSPS) is 12.6. The number of aliphatic hydroxyl groups is 1. The maximum atomic E-state index is 13.5. The molecule has 3 aromatic carbocycles. The van der Waals surface area contributed by atoms with Gasteiger partial charge in [0.1, 0.15) is 0 Å². The van der Waals surface area contributed by atoms with Crippen molar-refractivity contribution in [2.45, 2.75) is 72.3 Å². The Bertz CT molecular complexity index is 2420. The van der Waals surface area contributed by atoms with E-state index in [1.54, 1.807) is 24.8 Å². The van der Waals surface area contributed by atoms with Crippen molar-refractivity contribution in [1.29, 1.82) is 0 Å². The van der Waals surface area contributed by atoms with Crippen LogP contribution in [0.15, 0.2) is 128 Å². The van der Waals surface area contributed by atoms with Gasteiger partial charge in [0, 0.05) is 70.5 Å². The molecule has 0 saturated carbocycles. The largest absolute Gasteiger partial charge is 0.390 e. The van der Waals surface area contributed by atoms with Crippen LogP contribution in [0, 0.1) is 12.8 Å². The lowest BCUT2D eigenvalue weighted by Gasteiger charge is -2.29. The predicted octanol–water partition coefficient (Wildman–Crippen LogP) is 8.06. The summed E-state index contributed by atoms with van der Waals surface area (Å²) in [5, 5.41) is 21.2. The van der Waals surface area contributed by atoms with Crippen LogP contribution in [-0.4, -0.2) is 59.9 Å². The van der Waals surface area contributed by atoms with Crippen molar-refractivity contribution < 1.29 is 9.90 Å². The Morgan fingerprint density at radius 1 is 0.690 bits per heavy atom. The highest BCUT2D eigenvalue weighted by Gasteiger charge is 2.20. The van der Waals surface area contributed by atoms with E-state index < -0.39 is 6.10 Å². The molecule has 1 unspecified atom stereocenters. The Balaban J connectivity index is 1.03. The van der Waals surface area contributed by atoms with Crippen LogP contribution in [0.1, 0.15) is 60.6 Å². The summed E-state index contributed by atoms with van der Waals surface area (Å²) >= 11 is 0. The Morgan fingerprint density at radius 3 is 1.90 bits per heavy atom. The van der Waals surface area contributed by atoms with Gasteiger partial charge in [-0.1, -0.05) is 74.5 Å². The van der Waals surface area contributed by atoms with Gasteiger partial charge in [0.2, 0.25) is 5.91 Å². The van der Waals surface area contributed by atoms with Crippen LogP contribution in [0.25, 0.3) is 27.6 Å². The third kappa shape index (κ3) is 10.7. The minimum atomic E-state index is -0.703. The maximum absolute atomic E-state index is 13.5. The number of aromatic nitrogens is 4. The molecule has 9 heteroatoms. The van der Waals surface area contributed by atoms with Crippen LogP contribution in [0.2, 0.25) is 0 Å². The molecule has 7 rings (SSSR count). The average molecular weight is 772 g/mol. The number of carbonyl (C=O) groups is 1. The fourth-order valence-corrected chi connectivity index (χ4v) is 7.86. The summed E-state index contributed by atoms with van der Waals surface area (Å²) in [6.45, 7) is 9.45. The summed E-state index contributed by atoms with van der Waals surface area (Å²) in [4.78, 5) is 36.2. The van der Waals surface area contributed by atoms with E-state index in [1.807, 2.05) is 66.7 Å². The standard InChI is InChI=1S/C49H53N7O2/c1-35(2)28-39-22-23-44-37(20-21-38-19-18-36(3)48(39)49(38)44)12-10-17-47(58)54-45-16-11-27-53-46(45)34-56(31-42-15-6-9-26-52-42)33-43(57)32-55(29-40-13-4-7-24-50-40)30-41-14-5-8-25-51-41/h4-9,11,13-16,18-28,35,43,57H,10,12,17,29-34H2,1-3H3,(H,54,58)/b39-28-. The number of amides is 1. The Labute approximate surface area is 341 Å². The number of pyridine rings is 4. The van der Waals surface area contributed by atoms with Crippen LogP contribution >= 0.6 is 0 Å². The summed E-state index contributed by atoms with van der Waals surface area (Å²) in [5.74, 6) is 0.407. The Kier molecular flexibility index (Phi) is 13.6. The number of nitrogens with zero attached hydrogens (tertiary/aromatic N) is 6. The molecule has 0 spiro atoms. The number of carbonyl (C=O) groups excluding carboxylic acids is 1. The van der Waals surface area contributed by atoms with Gasteiger partial charge in [0.15, 0.2) is 0 Å². The minimum absolute atomic E-state index is 0.0473. The number of rotatable bonds is 18. The van der Waals surface area contributed by atoms with Crippen LogP contribution in [0.5, 0.6) is 0 Å². The van der Waals surface area contributed by atoms with Crippen LogP contribution in [0.4, 0.5) is 5.69 Å². The minimum Gasteiger partial charge on any atom is -0.390 e. The van der Waals surface area contributed by atoms with E-state index in [1.165, 1.54) is 37.9 Å². The molecular weight excluding hydrogens is 719 g/mol. The molecule has 0 aliphatic rings. The van der Waals surface area contributed by atoms with Gasteiger partial charge in [-0.25, -0.2) is 0 Å². The maximum Gasteiger partial charge on any atom is 0.224 e. The number of aliphatic hydroxyl groups excluding tert-OH is 1. The van der Waals surface area contributed by atoms with Crippen molar-refractivity contribution in [2.75, 3.05) is 18.4 Å². The Hall–Kier alpha value is -5.87. The third-order valence-electron chi connectivity index (χ3n) is 10.4. The first-order valence-corrected chi connectivity index (χ1v) is 20.3. The summed E-state index contributed by atoms with van der Waals surface area (Å²) < 4.78 is 0. The molecule has 58 heavy (non-hydrogen) atoms. The van der Waals surface area contributed by atoms with Crippen molar-refractivity contribution in [2.24, 2.45) is 5.92 Å². The third-order valence-corrected chi connectivity index (χ3v) is 10.4. The molecule has 0 fully saturated rings.